The number of benzene rings is 1. The predicted molar refractivity (Wildman–Crippen MR) is 153 cm³/mol. The Kier molecular flexibility index (Phi) is 7.60. The fraction of sp³-hybridized carbons (Fsp3) is 0.481. The van der Waals surface area contributed by atoms with Crippen LogP contribution in [0.15, 0.2) is 24.8 Å². The van der Waals surface area contributed by atoms with Crippen molar-refractivity contribution in [3.05, 3.63) is 52.0 Å². The number of halogens is 2. The third-order valence-corrected chi connectivity index (χ3v) is 8.14. The normalized spacial score (nSPS) is 21.5. The first-order chi connectivity index (χ1) is 18.9. The smallest absolute Gasteiger partial charge is 0.271 e. The molecule has 1 aliphatic heterocycles. The van der Waals surface area contributed by atoms with Gasteiger partial charge in [-0.25, -0.2) is 4.98 Å². The van der Waals surface area contributed by atoms with Gasteiger partial charge in [0.2, 0.25) is 5.91 Å². The molecule has 2 aromatic heterocycles. The topological polar surface area (TPSA) is 148 Å². The van der Waals surface area contributed by atoms with Crippen LogP contribution in [-0.2, 0) is 16.8 Å². The fourth-order valence-electron chi connectivity index (χ4n) is 5.39. The Balaban J connectivity index is 1.42. The van der Waals surface area contributed by atoms with E-state index in [0.717, 1.165) is 16.5 Å². The third-order valence-electron chi connectivity index (χ3n) is 7.57. The molecule has 3 atom stereocenters. The van der Waals surface area contributed by atoms with Crippen LogP contribution in [0.5, 0.6) is 0 Å². The van der Waals surface area contributed by atoms with Crippen molar-refractivity contribution in [2.24, 2.45) is 0 Å². The number of likely N-dealkylation sites (tertiary alicyclic amines) is 1. The lowest BCUT2D eigenvalue weighted by molar-refractivity contribution is -0.130. The van der Waals surface area contributed by atoms with Gasteiger partial charge in [-0.1, -0.05) is 50.6 Å². The van der Waals surface area contributed by atoms with E-state index in [4.69, 9.17) is 23.2 Å². The van der Waals surface area contributed by atoms with Gasteiger partial charge in [0.25, 0.3) is 5.91 Å². The highest BCUT2D eigenvalue weighted by Gasteiger charge is 2.38. The highest BCUT2D eigenvalue weighted by molar-refractivity contribution is 6.32. The Morgan fingerprint density at radius 2 is 1.88 bits per heavy atom. The molecule has 3 aromatic rings. The number of aliphatic hydroxyl groups excluding tert-OH is 2. The Bertz CT molecular complexity index is 1460. The molecule has 2 aliphatic rings. The monoisotopic (exact) mass is 589 g/mol. The number of fused-ring (bicyclic) bond motifs is 1. The van der Waals surface area contributed by atoms with Crippen molar-refractivity contribution >= 4 is 51.7 Å². The lowest BCUT2D eigenvalue weighted by atomic mass is 9.86. The summed E-state index contributed by atoms with van der Waals surface area (Å²) in [5.74, 6) is 0.408. The molecule has 11 nitrogen and oxygen atoms in total. The van der Waals surface area contributed by atoms with E-state index in [0.29, 0.717) is 29.8 Å². The molecular weight excluding hydrogens is 557 g/mol. The zero-order valence-corrected chi connectivity index (χ0v) is 24.1. The first-order valence-corrected chi connectivity index (χ1v) is 13.9. The van der Waals surface area contributed by atoms with Crippen LogP contribution in [-0.4, -0.2) is 78.0 Å². The molecule has 5 rings (SSSR count). The number of H-pyrrole nitrogens is 1. The lowest BCUT2D eigenvalue weighted by Gasteiger charge is -2.39. The number of nitrogens with one attached hydrogen (secondary N) is 3. The highest BCUT2D eigenvalue weighted by atomic mass is 35.5. The second-order valence-electron chi connectivity index (χ2n) is 11.5. The predicted octanol–water partition coefficient (Wildman–Crippen LogP) is 3.16. The molecule has 0 spiro atoms. The fourth-order valence-corrected chi connectivity index (χ4v) is 6.11. The number of nitrogens with zero attached hydrogens (tertiary/aromatic N) is 4. The summed E-state index contributed by atoms with van der Waals surface area (Å²) in [4.78, 5) is 31.2. The standard InChI is InChI=1S/C27H33Cl2N7O4/c1-5-22(39)35-11-13(12-35)31-26(40)23-24(29)32-21(36(23)14-6-19(37)20(38)7-14)10-30-25-15-8-16(27(2,3)4)17(28)9-18(15)33-34-25/h5,8-9,13-14,19-20,37-38H,1,6-7,10-12H2,2-4H3,(H,31,40)(H2,30,33,34)/t14-,19-,20+. The molecule has 2 fully saturated rings. The Morgan fingerprint density at radius 1 is 1.20 bits per heavy atom. The Labute approximate surface area is 241 Å². The Hall–Kier alpha value is -3.12. The van der Waals surface area contributed by atoms with Crippen LogP contribution in [0.25, 0.3) is 10.9 Å². The third kappa shape index (κ3) is 5.30. The van der Waals surface area contributed by atoms with Gasteiger partial charge in [0, 0.05) is 29.5 Å². The maximum absolute atomic E-state index is 13.4. The number of hydrogen-bond acceptors (Lipinski definition) is 7. The number of aliphatic hydroxyl groups is 2. The van der Waals surface area contributed by atoms with Crippen LogP contribution in [0.1, 0.15) is 61.5 Å². The summed E-state index contributed by atoms with van der Waals surface area (Å²) < 4.78 is 1.70. The molecule has 0 bridgehead atoms. The number of anilines is 1. The van der Waals surface area contributed by atoms with Gasteiger partial charge in [-0.05, 0) is 42.0 Å². The van der Waals surface area contributed by atoms with E-state index < -0.39 is 24.2 Å². The van der Waals surface area contributed by atoms with Crippen molar-refractivity contribution < 1.29 is 19.8 Å². The quantitative estimate of drug-likeness (QED) is 0.266. The summed E-state index contributed by atoms with van der Waals surface area (Å²) in [6.07, 6.45) is -0.135. The number of rotatable bonds is 7. The van der Waals surface area contributed by atoms with E-state index in [1.165, 1.54) is 6.08 Å². The second-order valence-corrected chi connectivity index (χ2v) is 12.2. The zero-order valence-electron chi connectivity index (χ0n) is 22.5. The molecule has 1 aliphatic carbocycles. The van der Waals surface area contributed by atoms with E-state index in [1.54, 1.807) is 9.47 Å². The van der Waals surface area contributed by atoms with E-state index in [1.807, 2.05) is 12.1 Å². The first-order valence-electron chi connectivity index (χ1n) is 13.1. The zero-order chi connectivity index (χ0) is 28.9. The number of carbonyl (C=O) groups excluding carboxylic acids is 2. The second kappa shape index (κ2) is 10.7. The van der Waals surface area contributed by atoms with Gasteiger partial charge < -0.3 is 30.3 Å². The number of carbonyl (C=O) groups is 2. The minimum atomic E-state index is -0.927. The van der Waals surface area contributed by atoms with Gasteiger partial charge in [0.15, 0.2) is 11.0 Å². The number of aromatic nitrogens is 4. The molecule has 3 heterocycles. The van der Waals surface area contributed by atoms with E-state index in [-0.39, 0.29) is 47.6 Å². The molecule has 1 saturated carbocycles. The number of imidazole rings is 1. The largest absolute Gasteiger partial charge is 0.390 e. The molecule has 0 radical (unpaired) electrons. The van der Waals surface area contributed by atoms with Crippen LogP contribution in [0, 0.1) is 0 Å². The van der Waals surface area contributed by atoms with Gasteiger partial charge in [0.05, 0.1) is 30.3 Å². The Morgan fingerprint density at radius 3 is 2.50 bits per heavy atom. The molecule has 214 valence electrons. The average molecular weight is 591 g/mol. The van der Waals surface area contributed by atoms with Crippen LogP contribution in [0.4, 0.5) is 5.82 Å². The van der Waals surface area contributed by atoms with Crippen LogP contribution >= 0.6 is 23.2 Å². The van der Waals surface area contributed by atoms with Gasteiger partial charge in [0.1, 0.15) is 11.5 Å². The van der Waals surface area contributed by atoms with E-state index >= 15 is 0 Å². The van der Waals surface area contributed by atoms with Gasteiger partial charge in [-0.15, -0.1) is 0 Å². The SMILES string of the molecule is C=CC(=O)N1CC(NC(=O)c2c(Cl)nc(CNc3n[nH]c4cc(Cl)c(C(C)(C)C)cc34)n2[C@@H]2C[C@@H](O)[C@@H](O)C2)C1. The summed E-state index contributed by atoms with van der Waals surface area (Å²) >= 11 is 13.0. The summed E-state index contributed by atoms with van der Waals surface area (Å²) in [6, 6.07) is 3.22. The van der Waals surface area contributed by atoms with Crippen LogP contribution in [0.2, 0.25) is 10.2 Å². The summed E-state index contributed by atoms with van der Waals surface area (Å²) in [5, 5.41) is 35.7. The molecule has 40 heavy (non-hydrogen) atoms. The van der Waals surface area contributed by atoms with Crippen molar-refractivity contribution in [1.82, 2.24) is 30.0 Å². The molecule has 1 saturated heterocycles. The highest BCUT2D eigenvalue weighted by Crippen LogP contribution is 2.37. The number of aromatic amines is 1. The summed E-state index contributed by atoms with van der Waals surface area (Å²) in [5.41, 5.74) is 1.72. The van der Waals surface area contributed by atoms with Crippen molar-refractivity contribution in [3.8, 4) is 0 Å². The van der Waals surface area contributed by atoms with E-state index in [9.17, 15) is 19.8 Å². The lowest BCUT2D eigenvalue weighted by Crippen LogP contribution is -2.60. The average Bonchev–Trinajstić information content (AvgIpc) is 3.52. The minimum Gasteiger partial charge on any atom is -0.390 e. The molecule has 0 unspecified atom stereocenters. The molecule has 2 amide bonds. The van der Waals surface area contributed by atoms with Crippen molar-refractivity contribution in [3.63, 3.8) is 0 Å². The maximum Gasteiger partial charge on any atom is 0.271 e. The molecular formula is C27H33Cl2N7O4. The number of hydrogen-bond donors (Lipinski definition) is 5. The number of amides is 2. The van der Waals surface area contributed by atoms with Crippen LogP contribution in [0.3, 0.4) is 0 Å². The minimum absolute atomic E-state index is 0.0113. The molecule has 5 N–H and O–H groups in total. The first kappa shape index (κ1) is 28.4. The van der Waals surface area contributed by atoms with Crippen molar-refractivity contribution in [2.45, 2.75) is 69.9 Å². The van der Waals surface area contributed by atoms with Crippen molar-refractivity contribution in [1.29, 1.82) is 0 Å². The molecule has 13 heteroatoms. The maximum atomic E-state index is 13.4. The summed E-state index contributed by atoms with van der Waals surface area (Å²) in [6.45, 7) is 10.6. The van der Waals surface area contributed by atoms with Crippen molar-refractivity contribution in [2.75, 3.05) is 18.4 Å². The molecule has 1 aromatic carbocycles. The van der Waals surface area contributed by atoms with Crippen LogP contribution < -0.4 is 10.6 Å². The van der Waals surface area contributed by atoms with Gasteiger partial charge in [-0.2, -0.15) is 5.10 Å². The summed E-state index contributed by atoms with van der Waals surface area (Å²) in [7, 11) is 0. The van der Waals surface area contributed by atoms with E-state index in [2.05, 4.69) is 53.2 Å². The van der Waals surface area contributed by atoms with Gasteiger partial charge >= 0.3 is 0 Å². The van der Waals surface area contributed by atoms with Gasteiger partial charge in [-0.3, -0.25) is 14.7 Å².